The van der Waals surface area contributed by atoms with Gasteiger partial charge in [-0.1, -0.05) is 73.9 Å². The van der Waals surface area contributed by atoms with Gasteiger partial charge in [0, 0.05) is 40.5 Å². The summed E-state index contributed by atoms with van der Waals surface area (Å²) < 4.78 is 17.2. The smallest absolute Gasteiger partial charge is 0.329 e. The molecule has 3 heterocycles. The van der Waals surface area contributed by atoms with Crippen LogP contribution in [0.3, 0.4) is 0 Å². The molecule has 0 saturated carbocycles. The average Bonchev–Trinajstić information content (AvgIpc) is 4.09. The normalized spacial score (nSPS) is 27.7. The predicted octanol–water partition coefficient (Wildman–Crippen LogP) is 2.96. The third kappa shape index (κ3) is 16.5. The summed E-state index contributed by atoms with van der Waals surface area (Å²) in [6.45, 7) is 18.8. The molecule has 0 spiro atoms. The van der Waals surface area contributed by atoms with E-state index in [2.05, 4.69) is 16.0 Å². The third-order valence-electron chi connectivity index (χ3n) is 15.2. The molecule has 0 bridgehead atoms. The van der Waals surface area contributed by atoms with Crippen molar-refractivity contribution in [2.24, 2.45) is 29.6 Å². The number of nitrogens with zero attached hydrogens (tertiary/aromatic N) is 4. The number of ketones is 1. The van der Waals surface area contributed by atoms with E-state index < -0.39 is 138 Å². The summed E-state index contributed by atoms with van der Waals surface area (Å²) in [5, 5.41) is 20.1. The minimum Gasteiger partial charge on any atom is -0.497 e. The number of nitrogens with one attached hydrogen (secondary N) is 3. The van der Waals surface area contributed by atoms with Crippen LogP contribution >= 0.6 is 0 Å². The van der Waals surface area contributed by atoms with E-state index in [0.717, 1.165) is 0 Å². The Balaban J connectivity index is 1.89. The molecule has 3 aliphatic rings. The average molecular weight is 1080 g/mol. The monoisotopic (exact) mass is 1080 g/mol. The standard InChI is InChI=1S/C56H87N7O14/c1-15-33(8)46-44(65)29-45(66)77-49(32(6)7)48(67)34(9)50(68)57-39(26-30(2)3)53(71)63-25-17-19-41(63)55(73)61(13)43(28-37-20-22-38(75-14)23-21-37)56(74)76-35(10)47(52(70)58-46)59-51(69)42(27-31(4)5)60(12)54(72)40-18-16-24-62(40)36(11)64/h20-23,30-35,39-44,46-47,49,65H,15-19,24-29H2,1-14H3,(H,57,68)(H,58,70)(H,59,69)/t33-,34-,35+,39-,40-,41-,42+,43-,44-,46+,47-,49-/m0/s1. The molecule has 4 rings (SSSR count). The quantitative estimate of drug-likeness (QED) is 0.154. The van der Waals surface area contributed by atoms with Crippen LogP contribution in [0.15, 0.2) is 24.3 Å². The number of amides is 7. The van der Waals surface area contributed by atoms with Crippen LogP contribution in [0.1, 0.15) is 133 Å². The molecule has 3 aliphatic heterocycles. The SMILES string of the molecule is CC[C@H](C)[C@H]1NC(=O)[C@@H](NC(=O)[C@@H](CC(C)C)N(C)C(=O)[C@@H]2CCCN2C(C)=O)[C@@H](C)OC(=O)[C@H](Cc2ccc(OC)cc2)N(C)C(=O)[C@@H]2CCCN2C(=O)[C@H](CC(C)C)NC(=O)[C@@H](C)C(=O)[C@H](C(C)C)OC(=O)C[C@@H]1O. The lowest BCUT2D eigenvalue weighted by molar-refractivity contribution is -0.163. The first kappa shape index (κ1) is 63.4. The number of methoxy groups -OCH3 is 1. The zero-order chi connectivity index (χ0) is 57.7. The molecule has 0 aliphatic carbocycles. The first-order chi connectivity index (χ1) is 36.1. The summed E-state index contributed by atoms with van der Waals surface area (Å²) >= 11 is 0. The number of fused-ring (bicyclic) bond motifs is 1. The molecule has 77 heavy (non-hydrogen) atoms. The van der Waals surface area contributed by atoms with Crippen LogP contribution in [0.4, 0.5) is 0 Å². The van der Waals surface area contributed by atoms with Crippen molar-refractivity contribution in [3.05, 3.63) is 29.8 Å². The van der Waals surface area contributed by atoms with E-state index in [4.69, 9.17) is 14.2 Å². The molecule has 21 heteroatoms. The summed E-state index contributed by atoms with van der Waals surface area (Å²) in [5.41, 5.74) is 0.584. The molecular formula is C56H87N7O14. The first-order valence-electron chi connectivity index (χ1n) is 27.4. The van der Waals surface area contributed by atoms with Gasteiger partial charge in [-0.3, -0.25) is 43.2 Å². The molecule has 0 unspecified atom stereocenters. The molecule has 3 fully saturated rings. The lowest BCUT2D eigenvalue weighted by Crippen LogP contribution is -2.62. The maximum absolute atomic E-state index is 15.0. The van der Waals surface area contributed by atoms with Crippen LogP contribution in [-0.4, -0.2) is 179 Å². The maximum atomic E-state index is 15.0. The molecular weight excluding hydrogens is 995 g/mol. The van der Waals surface area contributed by atoms with Gasteiger partial charge in [0.05, 0.1) is 31.6 Å². The minimum atomic E-state index is -1.73. The lowest BCUT2D eigenvalue weighted by Gasteiger charge is -2.36. The third-order valence-corrected chi connectivity index (χ3v) is 15.2. The highest BCUT2D eigenvalue weighted by Gasteiger charge is 2.45. The molecule has 4 N–H and O–H groups in total. The summed E-state index contributed by atoms with van der Waals surface area (Å²) in [6.07, 6.45) is -3.19. The zero-order valence-corrected chi connectivity index (χ0v) is 47.8. The molecule has 12 atom stereocenters. The Labute approximate surface area is 454 Å². The Bertz CT molecular complexity index is 2270. The van der Waals surface area contributed by atoms with Gasteiger partial charge in [-0.2, -0.15) is 0 Å². The molecule has 0 radical (unpaired) electrons. The lowest BCUT2D eigenvalue weighted by atomic mass is 9.91. The van der Waals surface area contributed by atoms with E-state index in [1.54, 1.807) is 52.0 Å². The Kier molecular flexibility index (Phi) is 23.5. The Morgan fingerprint density at radius 2 is 1.51 bits per heavy atom. The highest BCUT2D eigenvalue weighted by atomic mass is 16.6. The number of hydrogen-bond acceptors (Lipinski definition) is 14. The van der Waals surface area contributed by atoms with E-state index in [-0.39, 0.29) is 50.0 Å². The molecule has 0 aromatic heterocycles. The largest absolute Gasteiger partial charge is 0.497 e. The van der Waals surface area contributed by atoms with Crippen molar-refractivity contribution in [1.29, 1.82) is 0 Å². The molecule has 430 valence electrons. The second kappa shape index (κ2) is 28.5. The van der Waals surface area contributed by atoms with Gasteiger partial charge >= 0.3 is 11.9 Å². The molecule has 1 aromatic carbocycles. The molecule has 1 aromatic rings. The number of likely N-dealkylation sites (N-methyl/N-ethyl adjacent to an activating group) is 2. The van der Waals surface area contributed by atoms with Gasteiger partial charge in [-0.25, -0.2) is 4.79 Å². The maximum Gasteiger partial charge on any atom is 0.329 e. The van der Waals surface area contributed by atoms with Crippen molar-refractivity contribution in [2.75, 3.05) is 34.3 Å². The van der Waals surface area contributed by atoms with Crippen LogP contribution < -0.4 is 20.7 Å². The van der Waals surface area contributed by atoms with Gasteiger partial charge in [0.15, 0.2) is 11.9 Å². The van der Waals surface area contributed by atoms with Gasteiger partial charge in [-0.05, 0) is 93.7 Å². The highest BCUT2D eigenvalue weighted by molar-refractivity contribution is 6.05. The van der Waals surface area contributed by atoms with Crippen LogP contribution in [0.5, 0.6) is 5.75 Å². The number of aliphatic hydroxyl groups excluding tert-OH is 1. The molecule has 21 nitrogen and oxygen atoms in total. The molecule has 7 amide bonds. The van der Waals surface area contributed by atoms with Crippen molar-refractivity contribution < 1.29 is 67.3 Å². The van der Waals surface area contributed by atoms with Crippen LogP contribution in [0.2, 0.25) is 0 Å². The van der Waals surface area contributed by atoms with Crippen molar-refractivity contribution in [2.45, 2.75) is 195 Å². The number of ether oxygens (including phenoxy) is 3. The van der Waals surface area contributed by atoms with Crippen LogP contribution in [0, 0.1) is 29.6 Å². The number of benzene rings is 1. The fourth-order valence-corrected chi connectivity index (χ4v) is 10.4. The van der Waals surface area contributed by atoms with Gasteiger partial charge in [0.25, 0.3) is 0 Å². The van der Waals surface area contributed by atoms with E-state index >= 15 is 0 Å². The van der Waals surface area contributed by atoms with Crippen LogP contribution in [-0.2, 0) is 63.8 Å². The van der Waals surface area contributed by atoms with E-state index in [1.165, 1.54) is 61.6 Å². The zero-order valence-electron chi connectivity index (χ0n) is 47.8. The van der Waals surface area contributed by atoms with Crippen molar-refractivity contribution in [3.63, 3.8) is 0 Å². The van der Waals surface area contributed by atoms with Gasteiger partial charge in [0.1, 0.15) is 48.1 Å². The fraction of sp³-hybridized carbons (Fsp3) is 0.714. The number of Topliss-reactive ketones (excluding diaryl/α,β-unsaturated/α-hetero) is 1. The number of carbonyl (C=O) groups excluding carboxylic acids is 10. The second-order valence-corrected chi connectivity index (χ2v) is 22.5. The van der Waals surface area contributed by atoms with Crippen LogP contribution in [0.25, 0.3) is 0 Å². The van der Waals surface area contributed by atoms with Crippen molar-refractivity contribution in [3.8, 4) is 5.75 Å². The number of carbonyl (C=O) groups is 10. The molecule has 3 saturated heterocycles. The van der Waals surface area contributed by atoms with E-state index in [0.29, 0.717) is 43.5 Å². The second-order valence-electron chi connectivity index (χ2n) is 22.5. The van der Waals surface area contributed by atoms with Gasteiger partial charge < -0.3 is 54.9 Å². The van der Waals surface area contributed by atoms with E-state index in [9.17, 15) is 53.1 Å². The van der Waals surface area contributed by atoms with E-state index in [1.807, 2.05) is 27.7 Å². The van der Waals surface area contributed by atoms with Crippen molar-refractivity contribution in [1.82, 2.24) is 35.6 Å². The number of hydrogen-bond donors (Lipinski definition) is 4. The van der Waals surface area contributed by atoms with Gasteiger partial charge in [-0.15, -0.1) is 0 Å². The Morgan fingerprint density at radius 1 is 0.870 bits per heavy atom. The summed E-state index contributed by atoms with van der Waals surface area (Å²) in [7, 11) is 4.36. The number of esters is 2. The highest BCUT2D eigenvalue weighted by Crippen LogP contribution is 2.27. The number of likely N-dealkylation sites (tertiary alicyclic amines) is 1. The summed E-state index contributed by atoms with van der Waals surface area (Å²) in [5.74, 6) is -9.56. The predicted molar refractivity (Wildman–Crippen MR) is 284 cm³/mol. The summed E-state index contributed by atoms with van der Waals surface area (Å²) in [6, 6.07) is -1.80. The number of aliphatic hydroxyl groups is 1. The Morgan fingerprint density at radius 3 is 2.08 bits per heavy atom. The Hall–Kier alpha value is -6.12. The van der Waals surface area contributed by atoms with Crippen molar-refractivity contribution >= 4 is 59.1 Å². The topological polar surface area (TPSA) is 268 Å². The first-order valence-corrected chi connectivity index (χ1v) is 27.4. The fourth-order valence-electron chi connectivity index (χ4n) is 10.4. The minimum absolute atomic E-state index is 0.114. The number of rotatable bonds is 14. The summed E-state index contributed by atoms with van der Waals surface area (Å²) in [4.78, 5) is 148. The van der Waals surface area contributed by atoms with Gasteiger partial charge in [0.2, 0.25) is 41.4 Å². The number of cyclic esters (lactones) is 2.